The maximum atomic E-state index is 12.7. The van der Waals surface area contributed by atoms with Crippen molar-refractivity contribution >= 4 is 11.7 Å². The molecule has 2 aromatic rings. The minimum Gasteiger partial charge on any atom is -0.497 e. The number of ether oxygens (including phenoxy) is 2. The minimum atomic E-state index is 0.150. The van der Waals surface area contributed by atoms with Gasteiger partial charge in [-0.2, -0.15) is 0 Å². The Hall–Kier alpha value is -2.83. The Kier molecular flexibility index (Phi) is 9.78. The fourth-order valence-corrected chi connectivity index (χ4v) is 4.24. The van der Waals surface area contributed by atoms with E-state index in [9.17, 15) is 4.79 Å². The minimum absolute atomic E-state index is 0.150. The number of rotatable bonds is 12. The van der Waals surface area contributed by atoms with Crippen LogP contribution < -0.4 is 14.4 Å². The lowest BCUT2D eigenvalue weighted by Gasteiger charge is -2.40. The van der Waals surface area contributed by atoms with Gasteiger partial charge in [0.15, 0.2) is 0 Å². The summed E-state index contributed by atoms with van der Waals surface area (Å²) >= 11 is 0. The van der Waals surface area contributed by atoms with E-state index in [2.05, 4.69) is 28.7 Å². The molecule has 1 saturated heterocycles. The Labute approximate surface area is 198 Å². The lowest BCUT2D eigenvalue weighted by atomic mass is 10.1. The molecular formula is C26H38N4O3. The van der Waals surface area contributed by atoms with Crippen LogP contribution in [0.4, 0.5) is 5.82 Å². The highest BCUT2D eigenvalue weighted by molar-refractivity contribution is 5.76. The van der Waals surface area contributed by atoms with Crippen molar-refractivity contribution < 1.29 is 14.3 Å². The normalized spacial score (nSPS) is 16.0. The topological polar surface area (TPSA) is 67.8 Å². The third-order valence-electron chi connectivity index (χ3n) is 6.18. The molecule has 33 heavy (non-hydrogen) atoms. The number of hydrogen-bond acceptors (Lipinski definition) is 6. The first kappa shape index (κ1) is 24.8. The predicted octanol–water partition coefficient (Wildman–Crippen LogP) is 5.46. The molecule has 7 heteroatoms. The van der Waals surface area contributed by atoms with E-state index in [1.54, 1.807) is 7.11 Å². The van der Waals surface area contributed by atoms with Crippen molar-refractivity contribution in [3.05, 3.63) is 36.7 Å². The molecule has 2 heterocycles. The van der Waals surface area contributed by atoms with Gasteiger partial charge in [0.1, 0.15) is 23.6 Å². The van der Waals surface area contributed by atoms with E-state index in [1.165, 1.54) is 38.4 Å². The number of nitrogens with zero attached hydrogens (tertiary/aromatic N) is 4. The molecule has 1 fully saturated rings. The monoisotopic (exact) mass is 454 g/mol. The van der Waals surface area contributed by atoms with Gasteiger partial charge in [-0.15, -0.1) is 0 Å². The predicted molar refractivity (Wildman–Crippen MR) is 131 cm³/mol. The van der Waals surface area contributed by atoms with Crippen LogP contribution in [0.1, 0.15) is 65.2 Å². The molecule has 1 atom stereocenters. The molecule has 1 aromatic heterocycles. The third-order valence-corrected chi connectivity index (χ3v) is 6.18. The van der Waals surface area contributed by atoms with Crippen LogP contribution in [0.2, 0.25) is 0 Å². The Morgan fingerprint density at radius 2 is 1.70 bits per heavy atom. The smallest absolute Gasteiger partial charge is 0.224 e. The number of aromatic nitrogens is 2. The number of hydrogen-bond donors (Lipinski definition) is 0. The number of carbonyl (C=O) groups is 1. The molecule has 1 aliphatic heterocycles. The van der Waals surface area contributed by atoms with E-state index in [0.29, 0.717) is 18.1 Å². The second kappa shape index (κ2) is 13.0. The fraction of sp³-hybridized carbons (Fsp3) is 0.577. The maximum absolute atomic E-state index is 12.7. The van der Waals surface area contributed by atoms with Crippen molar-refractivity contribution in [3.8, 4) is 17.4 Å². The number of carbonyl (C=O) groups excluding carboxylic acids is 1. The highest BCUT2D eigenvalue weighted by Crippen LogP contribution is 2.25. The third kappa shape index (κ3) is 7.62. The molecule has 180 valence electrons. The van der Waals surface area contributed by atoms with Crippen LogP contribution in [-0.4, -0.2) is 53.6 Å². The Morgan fingerprint density at radius 3 is 2.39 bits per heavy atom. The van der Waals surface area contributed by atoms with Crippen molar-refractivity contribution in [2.75, 3.05) is 31.6 Å². The summed E-state index contributed by atoms with van der Waals surface area (Å²) in [4.78, 5) is 25.7. The van der Waals surface area contributed by atoms with Gasteiger partial charge in [-0.1, -0.05) is 45.4 Å². The molecular weight excluding hydrogens is 416 g/mol. The number of anilines is 1. The second-order valence-corrected chi connectivity index (χ2v) is 8.75. The van der Waals surface area contributed by atoms with E-state index in [-0.39, 0.29) is 11.9 Å². The lowest BCUT2D eigenvalue weighted by Crippen LogP contribution is -2.54. The van der Waals surface area contributed by atoms with Gasteiger partial charge in [-0.05, 0) is 37.6 Å². The first-order valence-electron chi connectivity index (χ1n) is 12.3. The quantitative estimate of drug-likeness (QED) is 0.397. The molecule has 0 N–H and O–H groups in total. The number of piperazine rings is 1. The number of benzene rings is 1. The summed E-state index contributed by atoms with van der Waals surface area (Å²) in [5.74, 6) is 3.06. The van der Waals surface area contributed by atoms with E-state index in [1.807, 2.05) is 35.2 Å². The Bertz CT molecular complexity index is 859. The summed E-state index contributed by atoms with van der Waals surface area (Å²) in [5.41, 5.74) is 0. The summed E-state index contributed by atoms with van der Waals surface area (Å²) in [6, 6.07) is 9.39. The van der Waals surface area contributed by atoms with E-state index in [0.717, 1.165) is 44.0 Å². The Balaban J connectivity index is 1.47. The van der Waals surface area contributed by atoms with Crippen LogP contribution in [0.25, 0.3) is 0 Å². The highest BCUT2D eigenvalue weighted by Gasteiger charge is 2.27. The van der Waals surface area contributed by atoms with Crippen molar-refractivity contribution in [3.63, 3.8) is 0 Å². The average molecular weight is 455 g/mol. The molecule has 3 rings (SSSR count). The van der Waals surface area contributed by atoms with Gasteiger partial charge in [0.25, 0.3) is 0 Å². The molecule has 0 aliphatic carbocycles. The van der Waals surface area contributed by atoms with Crippen LogP contribution in [-0.2, 0) is 4.79 Å². The summed E-state index contributed by atoms with van der Waals surface area (Å²) in [6.07, 6.45) is 10.8. The maximum Gasteiger partial charge on any atom is 0.224 e. The van der Waals surface area contributed by atoms with Crippen LogP contribution in [0.15, 0.2) is 36.7 Å². The van der Waals surface area contributed by atoms with Gasteiger partial charge in [0.2, 0.25) is 11.8 Å². The highest BCUT2D eigenvalue weighted by atomic mass is 16.5. The number of unbranched alkanes of at least 4 members (excludes halogenated alkanes) is 6. The van der Waals surface area contributed by atoms with Crippen molar-refractivity contribution in [1.82, 2.24) is 14.9 Å². The zero-order chi connectivity index (χ0) is 23.5. The van der Waals surface area contributed by atoms with E-state index >= 15 is 0 Å². The molecule has 1 aliphatic rings. The summed E-state index contributed by atoms with van der Waals surface area (Å²) in [5, 5.41) is 0. The molecule has 1 aromatic carbocycles. The van der Waals surface area contributed by atoms with Gasteiger partial charge in [-0.3, -0.25) is 4.79 Å². The van der Waals surface area contributed by atoms with Crippen LogP contribution >= 0.6 is 0 Å². The van der Waals surface area contributed by atoms with Gasteiger partial charge in [-0.25, -0.2) is 9.97 Å². The average Bonchev–Trinajstić information content (AvgIpc) is 2.84. The Morgan fingerprint density at radius 1 is 1.00 bits per heavy atom. The van der Waals surface area contributed by atoms with Crippen LogP contribution in [0, 0.1) is 0 Å². The van der Waals surface area contributed by atoms with Gasteiger partial charge < -0.3 is 19.3 Å². The van der Waals surface area contributed by atoms with Crippen molar-refractivity contribution in [1.29, 1.82) is 0 Å². The fourth-order valence-electron chi connectivity index (χ4n) is 4.24. The lowest BCUT2D eigenvalue weighted by molar-refractivity contribution is -0.133. The van der Waals surface area contributed by atoms with E-state index < -0.39 is 0 Å². The summed E-state index contributed by atoms with van der Waals surface area (Å²) < 4.78 is 11.1. The standard InChI is InChI=1S/C26H38N4O3/c1-4-5-6-7-8-9-10-11-26(31)30-17-16-29(19-21(30)2)24-18-25(28-20-27-24)33-23-14-12-22(32-3)13-15-23/h12-15,18,20-21H,4-11,16-17,19H2,1-3H3. The van der Waals surface area contributed by atoms with Gasteiger partial charge in [0, 0.05) is 38.2 Å². The van der Waals surface area contributed by atoms with Crippen LogP contribution in [0.3, 0.4) is 0 Å². The molecule has 0 spiro atoms. The van der Waals surface area contributed by atoms with Gasteiger partial charge >= 0.3 is 0 Å². The van der Waals surface area contributed by atoms with Crippen molar-refractivity contribution in [2.24, 2.45) is 0 Å². The SMILES string of the molecule is CCCCCCCCCC(=O)N1CCN(c2cc(Oc3ccc(OC)cc3)ncn2)CC1C. The summed E-state index contributed by atoms with van der Waals surface area (Å²) in [6.45, 7) is 6.58. The van der Waals surface area contributed by atoms with Crippen LogP contribution in [0.5, 0.6) is 17.4 Å². The van der Waals surface area contributed by atoms with Crippen molar-refractivity contribution in [2.45, 2.75) is 71.3 Å². The number of amides is 1. The molecule has 0 radical (unpaired) electrons. The molecule has 1 unspecified atom stereocenters. The van der Waals surface area contributed by atoms with E-state index in [4.69, 9.17) is 9.47 Å². The van der Waals surface area contributed by atoms with Gasteiger partial charge in [0.05, 0.1) is 7.11 Å². The molecule has 1 amide bonds. The molecule has 7 nitrogen and oxygen atoms in total. The number of methoxy groups -OCH3 is 1. The zero-order valence-corrected chi connectivity index (χ0v) is 20.3. The first-order chi connectivity index (χ1) is 16.1. The molecule has 0 bridgehead atoms. The second-order valence-electron chi connectivity index (χ2n) is 8.75. The molecule has 0 saturated carbocycles. The zero-order valence-electron chi connectivity index (χ0n) is 20.3. The summed E-state index contributed by atoms with van der Waals surface area (Å²) in [7, 11) is 1.64. The first-order valence-corrected chi connectivity index (χ1v) is 12.3. The largest absolute Gasteiger partial charge is 0.497 e.